The molecule has 0 spiro atoms. The predicted octanol–water partition coefficient (Wildman–Crippen LogP) is 6.07. The Morgan fingerprint density at radius 2 is 1.23 bits per heavy atom. The third-order valence-corrected chi connectivity index (χ3v) is 4.03. The summed E-state index contributed by atoms with van der Waals surface area (Å²) in [7, 11) is 0. The molecule has 26 heavy (non-hydrogen) atoms. The van der Waals surface area contributed by atoms with E-state index in [9.17, 15) is 4.39 Å². The van der Waals surface area contributed by atoms with Crippen molar-refractivity contribution in [2.24, 2.45) is 0 Å². The molecule has 1 nitrogen and oxygen atoms in total. The van der Waals surface area contributed by atoms with Crippen LogP contribution >= 0.6 is 0 Å². The average molecular weight is 344 g/mol. The van der Waals surface area contributed by atoms with E-state index in [1.165, 1.54) is 12.1 Å². The van der Waals surface area contributed by atoms with Crippen LogP contribution in [0, 0.1) is 17.7 Å². The first-order valence-electron chi connectivity index (χ1n) is 8.85. The van der Waals surface area contributed by atoms with Gasteiger partial charge in [-0.15, -0.1) is 0 Å². The van der Waals surface area contributed by atoms with Gasteiger partial charge in [-0.3, -0.25) is 0 Å². The molecular formula is C24H21FO. The van der Waals surface area contributed by atoms with Gasteiger partial charge in [-0.25, -0.2) is 4.39 Å². The second-order valence-corrected chi connectivity index (χ2v) is 6.06. The molecular weight excluding hydrogens is 323 g/mol. The molecule has 3 aromatic rings. The molecule has 0 radical (unpaired) electrons. The standard InChI is InChI=1S/C24H21FO/c1-2-3-18-26-24-16-12-22(13-17-24)21-10-6-19(7-11-21)4-5-20-8-14-23(25)15-9-20/h6-17H,2-3,18H2,1H3. The predicted molar refractivity (Wildman–Crippen MR) is 105 cm³/mol. The summed E-state index contributed by atoms with van der Waals surface area (Å²) >= 11 is 0. The highest BCUT2D eigenvalue weighted by Gasteiger charge is 1.99. The third-order valence-electron chi connectivity index (χ3n) is 4.03. The van der Waals surface area contributed by atoms with Crippen molar-refractivity contribution in [1.82, 2.24) is 0 Å². The van der Waals surface area contributed by atoms with Crippen LogP contribution in [0.5, 0.6) is 5.75 Å². The Labute approximate surface area is 154 Å². The number of hydrogen-bond donors (Lipinski definition) is 0. The van der Waals surface area contributed by atoms with Crippen LogP contribution in [0.25, 0.3) is 11.1 Å². The van der Waals surface area contributed by atoms with Gasteiger partial charge in [-0.1, -0.05) is 49.5 Å². The Morgan fingerprint density at radius 1 is 0.731 bits per heavy atom. The fourth-order valence-electron chi connectivity index (χ4n) is 2.50. The average Bonchev–Trinajstić information content (AvgIpc) is 2.69. The minimum Gasteiger partial charge on any atom is -0.494 e. The Hall–Kier alpha value is -3.05. The van der Waals surface area contributed by atoms with Gasteiger partial charge in [0.15, 0.2) is 0 Å². The fourth-order valence-corrected chi connectivity index (χ4v) is 2.50. The van der Waals surface area contributed by atoms with Crippen LogP contribution in [-0.4, -0.2) is 6.61 Å². The van der Waals surface area contributed by atoms with Crippen LogP contribution < -0.4 is 4.74 Å². The van der Waals surface area contributed by atoms with Crippen LogP contribution in [0.3, 0.4) is 0 Å². The molecule has 0 amide bonds. The lowest BCUT2D eigenvalue weighted by molar-refractivity contribution is 0.309. The number of benzene rings is 3. The van der Waals surface area contributed by atoms with E-state index in [-0.39, 0.29) is 5.82 Å². The topological polar surface area (TPSA) is 9.23 Å². The summed E-state index contributed by atoms with van der Waals surface area (Å²) < 4.78 is 18.6. The Balaban J connectivity index is 1.66. The van der Waals surface area contributed by atoms with Gasteiger partial charge < -0.3 is 4.74 Å². The van der Waals surface area contributed by atoms with Crippen molar-refractivity contribution in [3.05, 3.63) is 89.7 Å². The number of rotatable bonds is 5. The summed E-state index contributed by atoms with van der Waals surface area (Å²) in [4.78, 5) is 0. The first kappa shape index (κ1) is 17.8. The zero-order valence-electron chi connectivity index (χ0n) is 14.8. The molecule has 0 aliphatic heterocycles. The van der Waals surface area contributed by atoms with Crippen molar-refractivity contribution >= 4 is 0 Å². The highest BCUT2D eigenvalue weighted by molar-refractivity contribution is 5.65. The fraction of sp³-hybridized carbons (Fsp3) is 0.167. The second kappa shape index (κ2) is 8.87. The highest BCUT2D eigenvalue weighted by atomic mass is 19.1. The summed E-state index contributed by atoms with van der Waals surface area (Å²) in [6.07, 6.45) is 2.21. The summed E-state index contributed by atoms with van der Waals surface area (Å²) in [5.74, 6) is 6.81. The van der Waals surface area contributed by atoms with Gasteiger partial charge in [0.2, 0.25) is 0 Å². The normalized spacial score (nSPS) is 10.1. The number of ether oxygens (including phenoxy) is 1. The van der Waals surface area contributed by atoms with Gasteiger partial charge in [0.25, 0.3) is 0 Å². The molecule has 0 aromatic heterocycles. The van der Waals surface area contributed by atoms with E-state index < -0.39 is 0 Å². The van der Waals surface area contributed by atoms with Crippen molar-refractivity contribution in [1.29, 1.82) is 0 Å². The quantitative estimate of drug-likeness (QED) is 0.403. The van der Waals surface area contributed by atoms with Crippen LogP contribution in [-0.2, 0) is 0 Å². The lowest BCUT2D eigenvalue weighted by atomic mass is 10.0. The second-order valence-electron chi connectivity index (χ2n) is 6.06. The molecule has 0 atom stereocenters. The van der Waals surface area contributed by atoms with Crippen molar-refractivity contribution < 1.29 is 9.13 Å². The molecule has 130 valence electrons. The summed E-state index contributed by atoms with van der Waals surface area (Å²) in [6, 6.07) is 22.5. The zero-order valence-corrected chi connectivity index (χ0v) is 14.8. The maximum atomic E-state index is 12.9. The minimum absolute atomic E-state index is 0.248. The van der Waals surface area contributed by atoms with Crippen molar-refractivity contribution in [2.75, 3.05) is 6.61 Å². The van der Waals surface area contributed by atoms with E-state index in [4.69, 9.17) is 4.74 Å². The van der Waals surface area contributed by atoms with E-state index in [2.05, 4.69) is 43.0 Å². The van der Waals surface area contributed by atoms with E-state index in [0.29, 0.717) is 0 Å². The molecule has 0 unspecified atom stereocenters. The maximum Gasteiger partial charge on any atom is 0.123 e. The van der Waals surface area contributed by atoms with E-state index in [1.807, 2.05) is 24.3 Å². The summed E-state index contributed by atoms with van der Waals surface area (Å²) in [5, 5.41) is 0. The molecule has 0 fully saturated rings. The molecule has 0 N–H and O–H groups in total. The molecule has 0 bridgehead atoms. The van der Waals surface area contributed by atoms with E-state index in [0.717, 1.165) is 47.5 Å². The molecule has 0 aliphatic rings. The largest absolute Gasteiger partial charge is 0.494 e. The Morgan fingerprint density at radius 3 is 1.77 bits per heavy atom. The van der Waals surface area contributed by atoms with Crippen molar-refractivity contribution in [3.63, 3.8) is 0 Å². The van der Waals surface area contributed by atoms with E-state index in [1.54, 1.807) is 12.1 Å². The van der Waals surface area contributed by atoms with Gasteiger partial charge in [0.05, 0.1) is 6.61 Å². The smallest absolute Gasteiger partial charge is 0.123 e. The molecule has 0 aliphatic carbocycles. The Kier molecular flexibility index (Phi) is 6.06. The SMILES string of the molecule is CCCCOc1ccc(-c2ccc(C#Cc3ccc(F)cc3)cc2)cc1. The molecule has 2 heteroatoms. The van der Waals surface area contributed by atoms with Gasteiger partial charge >= 0.3 is 0 Å². The molecule has 0 heterocycles. The molecule has 3 rings (SSSR count). The van der Waals surface area contributed by atoms with E-state index >= 15 is 0 Å². The first-order valence-corrected chi connectivity index (χ1v) is 8.85. The number of hydrogen-bond acceptors (Lipinski definition) is 1. The lowest BCUT2D eigenvalue weighted by Gasteiger charge is -2.07. The molecule has 0 saturated carbocycles. The van der Waals surface area contributed by atoms with Crippen LogP contribution in [0.15, 0.2) is 72.8 Å². The van der Waals surface area contributed by atoms with Gasteiger partial charge in [-0.05, 0) is 66.1 Å². The number of unbranched alkanes of at least 4 members (excludes halogenated alkanes) is 1. The van der Waals surface area contributed by atoms with Crippen molar-refractivity contribution in [2.45, 2.75) is 19.8 Å². The van der Waals surface area contributed by atoms with Gasteiger partial charge in [-0.2, -0.15) is 0 Å². The van der Waals surface area contributed by atoms with Crippen LogP contribution in [0.2, 0.25) is 0 Å². The third kappa shape index (κ3) is 4.97. The molecule has 0 saturated heterocycles. The zero-order chi connectivity index (χ0) is 18.2. The van der Waals surface area contributed by atoms with Gasteiger partial charge in [0, 0.05) is 11.1 Å². The molecule has 3 aromatic carbocycles. The minimum atomic E-state index is -0.248. The van der Waals surface area contributed by atoms with Crippen LogP contribution in [0.4, 0.5) is 4.39 Å². The lowest BCUT2D eigenvalue weighted by Crippen LogP contribution is -1.95. The van der Waals surface area contributed by atoms with Crippen LogP contribution in [0.1, 0.15) is 30.9 Å². The monoisotopic (exact) mass is 344 g/mol. The Bertz CT molecular complexity index is 882. The van der Waals surface area contributed by atoms with Gasteiger partial charge in [0.1, 0.15) is 11.6 Å². The highest BCUT2D eigenvalue weighted by Crippen LogP contribution is 2.23. The van der Waals surface area contributed by atoms with Crippen molar-refractivity contribution in [3.8, 4) is 28.7 Å². The number of halogens is 1. The maximum absolute atomic E-state index is 12.9. The first-order chi connectivity index (χ1) is 12.7. The summed E-state index contributed by atoms with van der Waals surface area (Å²) in [5.41, 5.74) is 4.01. The summed E-state index contributed by atoms with van der Waals surface area (Å²) in [6.45, 7) is 2.91.